The summed E-state index contributed by atoms with van der Waals surface area (Å²) in [5.74, 6) is 0.773. The van der Waals surface area contributed by atoms with Crippen LogP contribution in [0.1, 0.15) is 31.7 Å². The van der Waals surface area contributed by atoms with Crippen molar-refractivity contribution >= 4 is 23.2 Å². The van der Waals surface area contributed by atoms with E-state index in [0.717, 1.165) is 37.0 Å². The van der Waals surface area contributed by atoms with Gasteiger partial charge in [0.2, 0.25) is 0 Å². The van der Waals surface area contributed by atoms with Crippen LogP contribution >= 0.6 is 23.2 Å². The van der Waals surface area contributed by atoms with Gasteiger partial charge < -0.3 is 10.5 Å². The quantitative estimate of drug-likeness (QED) is 0.762. The fourth-order valence-electron chi connectivity index (χ4n) is 1.62. The molecule has 1 aromatic rings. The zero-order valence-corrected chi connectivity index (χ0v) is 11.7. The number of nitrogens with two attached hydrogens (primary N) is 1. The predicted octanol–water partition coefficient (Wildman–Crippen LogP) is 4.06. The van der Waals surface area contributed by atoms with Gasteiger partial charge in [0.05, 0.1) is 11.6 Å². The van der Waals surface area contributed by atoms with Gasteiger partial charge in [-0.2, -0.15) is 0 Å². The number of rotatable bonds is 7. The van der Waals surface area contributed by atoms with Gasteiger partial charge in [-0.3, -0.25) is 0 Å². The monoisotopic (exact) mass is 275 g/mol. The zero-order valence-electron chi connectivity index (χ0n) is 10.1. The molecular weight excluding hydrogens is 257 g/mol. The Balaban J connectivity index is 2.82. The summed E-state index contributed by atoms with van der Waals surface area (Å²) in [6, 6.07) is 3.65. The minimum atomic E-state index is 0.591. The maximum absolute atomic E-state index is 6.15. The summed E-state index contributed by atoms with van der Waals surface area (Å²) in [7, 11) is 0. The van der Waals surface area contributed by atoms with Gasteiger partial charge >= 0.3 is 0 Å². The van der Waals surface area contributed by atoms with Crippen molar-refractivity contribution < 1.29 is 4.74 Å². The van der Waals surface area contributed by atoms with E-state index in [4.69, 9.17) is 33.7 Å². The summed E-state index contributed by atoms with van der Waals surface area (Å²) in [5, 5.41) is 1.25. The minimum Gasteiger partial charge on any atom is -0.492 e. The molecule has 0 aromatic heterocycles. The van der Waals surface area contributed by atoms with Crippen molar-refractivity contribution in [2.24, 2.45) is 5.73 Å². The third kappa shape index (κ3) is 4.74. The summed E-state index contributed by atoms with van der Waals surface area (Å²) >= 11 is 12.2. The molecule has 0 aliphatic rings. The second-order valence-electron chi connectivity index (χ2n) is 3.97. The number of hydrogen-bond acceptors (Lipinski definition) is 2. The highest BCUT2D eigenvalue weighted by Crippen LogP contribution is 2.33. The molecule has 0 fully saturated rings. The largest absolute Gasteiger partial charge is 0.492 e. The summed E-state index contributed by atoms with van der Waals surface area (Å²) < 4.78 is 5.68. The molecule has 2 N–H and O–H groups in total. The zero-order chi connectivity index (χ0) is 12.7. The lowest BCUT2D eigenvalue weighted by Crippen LogP contribution is -2.02. The molecule has 1 aromatic carbocycles. The molecule has 96 valence electrons. The standard InChI is InChI=1S/C13H19Cl2NO/c1-2-7-17-13-10(5-3-4-6-16)8-11(14)9-12(13)15/h8-9H,2-7,16H2,1H3. The van der Waals surface area contributed by atoms with Crippen LogP contribution in [0.3, 0.4) is 0 Å². The Labute approximate surface area is 113 Å². The molecule has 4 heteroatoms. The van der Waals surface area contributed by atoms with E-state index in [9.17, 15) is 0 Å². The van der Waals surface area contributed by atoms with Gasteiger partial charge in [-0.25, -0.2) is 0 Å². The molecule has 0 aliphatic carbocycles. The van der Waals surface area contributed by atoms with E-state index in [-0.39, 0.29) is 0 Å². The van der Waals surface area contributed by atoms with Crippen LogP contribution in [0, 0.1) is 0 Å². The van der Waals surface area contributed by atoms with Crippen LogP contribution in [0.5, 0.6) is 5.75 Å². The lowest BCUT2D eigenvalue weighted by Gasteiger charge is -2.13. The second kappa shape index (κ2) is 7.80. The molecule has 0 spiro atoms. The van der Waals surface area contributed by atoms with Gasteiger partial charge in [0.15, 0.2) is 0 Å². The lowest BCUT2D eigenvalue weighted by molar-refractivity contribution is 0.314. The molecule has 0 amide bonds. The Morgan fingerprint density at radius 1 is 1.24 bits per heavy atom. The Hall–Kier alpha value is -0.440. The minimum absolute atomic E-state index is 0.591. The Bertz CT molecular complexity index is 356. The van der Waals surface area contributed by atoms with E-state index in [0.29, 0.717) is 23.2 Å². The van der Waals surface area contributed by atoms with Gasteiger partial charge in [-0.1, -0.05) is 30.1 Å². The average molecular weight is 276 g/mol. The van der Waals surface area contributed by atoms with Crippen molar-refractivity contribution in [3.8, 4) is 5.75 Å². The normalized spacial score (nSPS) is 10.6. The van der Waals surface area contributed by atoms with Crippen molar-refractivity contribution in [1.82, 2.24) is 0 Å². The highest BCUT2D eigenvalue weighted by molar-refractivity contribution is 6.35. The number of halogens is 2. The molecule has 0 saturated heterocycles. The molecule has 0 saturated carbocycles. The molecule has 0 unspecified atom stereocenters. The molecule has 17 heavy (non-hydrogen) atoms. The Kier molecular flexibility index (Phi) is 6.71. The van der Waals surface area contributed by atoms with Crippen LogP contribution in [0.4, 0.5) is 0 Å². The van der Waals surface area contributed by atoms with Gasteiger partial charge in [-0.15, -0.1) is 0 Å². The van der Waals surface area contributed by atoms with Crippen LogP contribution in [0.2, 0.25) is 10.0 Å². The Morgan fingerprint density at radius 2 is 2.00 bits per heavy atom. The number of unbranched alkanes of at least 4 members (excludes halogenated alkanes) is 1. The highest BCUT2D eigenvalue weighted by atomic mass is 35.5. The van der Waals surface area contributed by atoms with Crippen molar-refractivity contribution in [1.29, 1.82) is 0 Å². The van der Waals surface area contributed by atoms with E-state index < -0.39 is 0 Å². The van der Waals surface area contributed by atoms with Crippen LogP contribution < -0.4 is 10.5 Å². The molecular formula is C13H19Cl2NO. The number of aryl methyl sites for hydroxylation is 1. The summed E-state index contributed by atoms with van der Waals surface area (Å²) in [4.78, 5) is 0. The fraction of sp³-hybridized carbons (Fsp3) is 0.538. The number of ether oxygens (including phenoxy) is 1. The van der Waals surface area contributed by atoms with E-state index in [1.54, 1.807) is 6.07 Å². The second-order valence-corrected chi connectivity index (χ2v) is 4.81. The first-order chi connectivity index (χ1) is 8.19. The third-order valence-corrected chi connectivity index (χ3v) is 2.94. The van der Waals surface area contributed by atoms with Crippen molar-refractivity contribution in [2.45, 2.75) is 32.6 Å². The van der Waals surface area contributed by atoms with Crippen LogP contribution in [-0.2, 0) is 6.42 Å². The molecule has 0 heterocycles. The maximum Gasteiger partial charge on any atom is 0.141 e. The van der Waals surface area contributed by atoms with Crippen molar-refractivity contribution in [3.63, 3.8) is 0 Å². The summed E-state index contributed by atoms with van der Waals surface area (Å²) in [5.41, 5.74) is 6.56. The van der Waals surface area contributed by atoms with Crippen molar-refractivity contribution in [3.05, 3.63) is 27.7 Å². The average Bonchev–Trinajstić information content (AvgIpc) is 2.28. The molecule has 0 radical (unpaired) electrons. The predicted molar refractivity (Wildman–Crippen MR) is 74.2 cm³/mol. The van der Waals surface area contributed by atoms with E-state index in [1.807, 2.05) is 6.07 Å². The topological polar surface area (TPSA) is 35.2 Å². The van der Waals surface area contributed by atoms with Gasteiger partial charge in [0.1, 0.15) is 5.75 Å². The van der Waals surface area contributed by atoms with E-state index in [2.05, 4.69) is 6.92 Å². The summed E-state index contributed by atoms with van der Waals surface area (Å²) in [6.07, 6.45) is 3.88. The lowest BCUT2D eigenvalue weighted by atomic mass is 10.1. The van der Waals surface area contributed by atoms with Crippen molar-refractivity contribution in [2.75, 3.05) is 13.2 Å². The fourth-order valence-corrected chi connectivity index (χ4v) is 2.22. The molecule has 1 rings (SSSR count). The maximum atomic E-state index is 6.15. The SMILES string of the molecule is CCCOc1c(Cl)cc(Cl)cc1CCCCN. The van der Waals surface area contributed by atoms with E-state index in [1.165, 1.54) is 0 Å². The molecule has 0 aliphatic heterocycles. The first-order valence-electron chi connectivity index (χ1n) is 5.99. The first-order valence-corrected chi connectivity index (χ1v) is 6.75. The van der Waals surface area contributed by atoms with Crippen LogP contribution in [-0.4, -0.2) is 13.2 Å². The summed E-state index contributed by atoms with van der Waals surface area (Å²) in [6.45, 7) is 3.45. The molecule has 0 bridgehead atoms. The smallest absolute Gasteiger partial charge is 0.141 e. The van der Waals surface area contributed by atoms with Gasteiger partial charge in [0, 0.05) is 5.02 Å². The molecule has 0 atom stereocenters. The Morgan fingerprint density at radius 3 is 2.65 bits per heavy atom. The number of hydrogen-bond donors (Lipinski definition) is 1. The van der Waals surface area contributed by atoms with Crippen LogP contribution in [0.25, 0.3) is 0 Å². The first kappa shape index (κ1) is 14.6. The van der Waals surface area contributed by atoms with Gasteiger partial charge in [-0.05, 0) is 49.9 Å². The highest BCUT2D eigenvalue weighted by Gasteiger charge is 2.10. The van der Waals surface area contributed by atoms with Gasteiger partial charge in [0.25, 0.3) is 0 Å². The van der Waals surface area contributed by atoms with E-state index >= 15 is 0 Å². The number of benzene rings is 1. The van der Waals surface area contributed by atoms with Crippen LogP contribution in [0.15, 0.2) is 12.1 Å². The third-order valence-electron chi connectivity index (χ3n) is 2.44. The molecule has 2 nitrogen and oxygen atoms in total.